The molecule has 0 N–H and O–H groups in total. The van der Waals surface area contributed by atoms with Crippen molar-refractivity contribution in [2.75, 3.05) is 11.9 Å². The maximum Gasteiger partial charge on any atom is 0.0411 e. The highest BCUT2D eigenvalue weighted by Crippen LogP contribution is 2.52. The largest absolute Gasteiger partial charge is 0.345 e. The van der Waals surface area contributed by atoms with Gasteiger partial charge >= 0.3 is 0 Å². The van der Waals surface area contributed by atoms with Gasteiger partial charge in [0.1, 0.15) is 0 Å². The normalized spacial score (nSPS) is 22.6. The number of rotatable bonds is 2. The number of benzene rings is 2. The minimum atomic E-state index is 0.236. The van der Waals surface area contributed by atoms with E-state index < -0.39 is 0 Å². The van der Waals surface area contributed by atoms with E-state index >= 15 is 0 Å². The van der Waals surface area contributed by atoms with E-state index in [1.165, 1.54) is 46.5 Å². The molecule has 0 atom stereocenters. The van der Waals surface area contributed by atoms with E-state index in [0.29, 0.717) is 0 Å². The lowest BCUT2D eigenvalue weighted by atomic mass is 9.82. The highest BCUT2D eigenvalue weighted by Gasteiger charge is 2.43. The van der Waals surface area contributed by atoms with Crippen LogP contribution in [-0.4, -0.2) is 7.05 Å². The second-order valence-electron chi connectivity index (χ2n) is 11.9. The van der Waals surface area contributed by atoms with Crippen LogP contribution >= 0.6 is 0 Å². The molecule has 4 rings (SSSR count). The fraction of sp³-hybridized carbons (Fsp3) is 0.556. The van der Waals surface area contributed by atoms with Crippen LogP contribution in [0.15, 0.2) is 36.4 Å². The van der Waals surface area contributed by atoms with Gasteiger partial charge in [-0.15, -0.1) is 0 Å². The number of fused-ring (bicyclic) bond motifs is 2. The molecule has 0 radical (unpaired) electrons. The van der Waals surface area contributed by atoms with Crippen LogP contribution in [0.5, 0.6) is 0 Å². The molecule has 0 amide bonds. The zero-order chi connectivity index (χ0) is 20.7. The maximum absolute atomic E-state index is 2.44. The van der Waals surface area contributed by atoms with Crippen LogP contribution in [-0.2, 0) is 21.7 Å². The van der Waals surface area contributed by atoms with Crippen molar-refractivity contribution in [2.24, 2.45) is 0 Å². The zero-order valence-electron chi connectivity index (χ0n) is 19.3. The van der Waals surface area contributed by atoms with Crippen LogP contribution in [0.4, 0.5) is 11.4 Å². The van der Waals surface area contributed by atoms with Crippen LogP contribution in [0.1, 0.15) is 90.5 Å². The molecule has 0 spiro atoms. The van der Waals surface area contributed by atoms with E-state index in [1.807, 2.05) is 0 Å². The van der Waals surface area contributed by atoms with Crippen molar-refractivity contribution < 1.29 is 0 Å². The van der Waals surface area contributed by atoms with E-state index in [1.54, 1.807) is 0 Å². The van der Waals surface area contributed by atoms with Gasteiger partial charge in [-0.25, -0.2) is 0 Å². The highest BCUT2D eigenvalue weighted by molar-refractivity contribution is 5.68. The van der Waals surface area contributed by atoms with Gasteiger partial charge < -0.3 is 4.90 Å². The van der Waals surface area contributed by atoms with Gasteiger partial charge in [0.2, 0.25) is 0 Å². The van der Waals surface area contributed by atoms with Gasteiger partial charge in [-0.1, -0.05) is 67.5 Å². The first-order valence-electron chi connectivity index (χ1n) is 10.8. The molecule has 1 nitrogen and oxygen atoms in total. The van der Waals surface area contributed by atoms with E-state index in [2.05, 4.69) is 104 Å². The Bertz CT molecular complexity index is 865. The van der Waals surface area contributed by atoms with Gasteiger partial charge in [0.15, 0.2) is 0 Å². The van der Waals surface area contributed by atoms with Gasteiger partial charge in [0.25, 0.3) is 0 Å². The molecule has 0 unspecified atom stereocenters. The number of hydrogen-bond acceptors (Lipinski definition) is 1. The third-order valence-electron chi connectivity index (χ3n) is 7.47. The van der Waals surface area contributed by atoms with Crippen molar-refractivity contribution in [2.45, 2.75) is 89.9 Å². The summed E-state index contributed by atoms with van der Waals surface area (Å²) in [6.07, 6.45) is 2.43. The molecule has 28 heavy (non-hydrogen) atoms. The molecular weight excluding hydrogens is 338 g/mol. The average molecular weight is 376 g/mol. The molecular formula is C27H37N. The molecule has 2 aliphatic rings. The Morgan fingerprint density at radius 3 is 1.21 bits per heavy atom. The predicted octanol–water partition coefficient (Wildman–Crippen LogP) is 7.37. The molecule has 0 saturated carbocycles. The summed E-state index contributed by atoms with van der Waals surface area (Å²) in [6, 6.07) is 14.2. The van der Waals surface area contributed by atoms with Crippen LogP contribution in [0.2, 0.25) is 0 Å². The summed E-state index contributed by atoms with van der Waals surface area (Å²) in [4.78, 5) is 2.36. The lowest BCUT2D eigenvalue weighted by molar-refractivity contribution is 0.403. The fourth-order valence-electron chi connectivity index (χ4n) is 6.52. The summed E-state index contributed by atoms with van der Waals surface area (Å²) in [7, 11) is 2.21. The number of nitrogens with zero attached hydrogens (tertiary/aromatic N) is 1. The van der Waals surface area contributed by atoms with Crippen molar-refractivity contribution >= 4 is 11.4 Å². The van der Waals surface area contributed by atoms with Gasteiger partial charge in [-0.3, -0.25) is 0 Å². The zero-order valence-corrected chi connectivity index (χ0v) is 19.3. The van der Waals surface area contributed by atoms with Crippen LogP contribution in [0.3, 0.4) is 0 Å². The third kappa shape index (κ3) is 2.81. The van der Waals surface area contributed by atoms with Crippen molar-refractivity contribution in [1.29, 1.82) is 0 Å². The van der Waals surface area contributed by atoms with Gasteiger partial charge in [0, 0.05) is 18.4 Å². The third-order valence-corrected chi connectivity index (χ3v) is 7.47. The van der Waals surface area contributed by atoms with Gasteiger partial charge in [-0.2, -0.15) is 0 Å². The summed E-state index contributed by atoms with van der Waals surface area (Å²) >= 11 is 0. The molecule has 2 aromatic carbocycles. The SMILES string of the molecule is CN(c1ccc2c(c1)C(C)(C)CC2(C)C)c1ccc2c(c1)C(C)(C)CC2(C)C. The smallest absolute Gasteiger partial charge is 0.0411 e. The first-order chi connectivity index (χ1) is 12.7. The highest BCUT2D eigenvalue weighted by atomic mass is 15.1. The number of anilines is 2. The molecule has 0 heterocycles. The first kappa shape index (κ1) is 19.6. The first-order valence-corrected chi connectivity index (χ1v) is 10.8. The number of hydrogen-bond donors (Lipinski definition) is 0. The molecule has 0 bridgehead atoms. The molecule has 2 aromatic rings. The Balaban J connectivity index is 1.76. The van der Waals surface area contributed by atoms with E-state index in [0.717, 1.165) is 0 Å². The molecule has 1 heteroatoms. The Hall–Kier alpha value is -1.76. The Morgan fingerprint density at radius 1 is 0.536 bits per heavy atom. The quantitative estimate of drug-likeness (QED) is 0.529. The standard InChI is InChI=1S/C27H37N/c1-24(2)16-26(5,6)22-14-18(10-12-20(22)24)28(9)19-11-13-21-23(15-19)27(7,8)17-25(21,3)4/h10-15H,16-17H2,1-9H3. The van der Waals surface area contributed by atoms with E-state index in [4.69, 9.17) is 0 Å². The molecule has 0 fully saturated rings. The van der Waals surface area contributed by atoms with E-state index in [-0.39, 0.29) is 21.7 Å². The second kappa shape index (κ2) is 5.65. The minimum Gasteiger partial charge on any atom is -0.345 e. The maximum atomic E-state index is 2.44. The molecule has 0 aromatic heterocycles. The Labute approximate surface area is 172 Å². The lowest BCUT2D eigenvalue weighted by Crippen LogP contribution is -2.18. The van der Waals surface area contributed by atoms with Crippen molar-refractivity contribution in [3.63, 3.8) is 0 Å². The fourth-order valence-corrected chi connectivity index (χ4v) is 6.52. The van der Waals surface area contributed by atoms with Crippen molar-refractivity contribution in [3.8, 4) is 0 Å². The van der Waals surface area contributed by atoms with Crippen molar-refractivity contribution in [1.82, 2.24) is 0 Å². The van der Waals surface area contributed by atoms with E-state index in [9.17, 15) is 0 Å². The topological polar surface area (TPSA) is 3.24 Å². The Kier molecular flexibility index (Phi) is 3.94. The average Bonchev–Trinajstić information content (AvgIpc) is 2.88. The minimum absolute atomic E-state index is 0.236. The summed E-state index contributed by atoms with van der Waals surface area (Å²) in [6.45, 7) is 19.1. The predicted molar refractivity (Wildman–Crippen MR) is 122 cm³/mol. The summed E-state index contributed by atoms with van der Waals surface area (Å²) in [5.74, 6) is 0. The Morgan fingerprint density at radius 2 is 0.857 bits per heavy atom. The molecule has 2 aliphatic carbocycles. The monoisotopic (exact) mass is 375 g/mol. The second-order valence-corrected chi connectivity index (χ2v) is 11.9. The molecule has 150 valence electrons. The van der Waals surface area contributed by atoms with Crippen LogP contribution in [0.25, 0.3) is 0 Å². The van der Waals surface area contributed by atoms with Crippen LogP contribution < -0.4 is 4.90 Å². The van der Waals surface area contributed by atoms with Gasteiger partial charge in [0.05, 0.1) is 0 Å². The molecule has 0 saturated heterocycles. The summed E-state index contributed by atoms with van der Waals surface area (Å²) < 4.78 is 0. The van der Waals surface area contributed by atoms with Crippen LogP contribution in [0, 0.1) is 0 Å². The van der Waals surface area contributed by atoms with Gasteiger partial charge in [-0.05, 0) is 81.0 Å². The summed E-state index contributed by atoms with van der Waals surface area (Å²) in [5.41, 5.74) is 9.66. The molecule has 0 aliphatic heterocycles. The van der Waals surface area contributed by atoms with Crippen molar-refractivity contribution in [3.05, 3.63) is 58.7 Å². The lowest BCUT2D eigenvalue weighted by Gasteiger charge is -2.26. The summed E-state index contributed by atoms with van der Waals surface area (Å²) in [5, 5.41) is 0.